The average molecular weight is 306 g/mol. The molecule has 6 heteroatoms. The van der Waals surface area contributed by atoms with Crippen LogP contribution >= 0.6 is 22.9 Å². The molecular weight excluding hydrogens is 286 g/mol. The molecule has 0 aliphatic carbocycles. The molecule has 0 radical (unpaired) electrons. The number of ketones is 1. The molecule has 108 valence electrons. The Morgan fingerprint density at radius 2 is 1.89 bits per heavy atom. The summed E-state index contributed by atoms with van der Waals surface area (Å²) in [5, 5.41) is 0. The summed E-state index contributed by atoms with van der Waals surface area (Å²) in [7, 11) is 3.31. The molecule has 1 rings (SSSR count). The summed E-state index contributed by atoms with van der Waals surface area (Å²) < 4.78 is 10.8. The Kier molecular flexibility index (Phi) is 7.56. The lowest BCUT2D eigenvalue weighted by Gasteiger charge is -2.27. The predicted octanol–water partition coefficient (Wildman–Crippen LogP) is 2.57. The van der Waals surface area contributed by atoms with Crippen LogP contribution < -0.4 is 0 Å². The van der Waals surface area contributed by atoms with E-state index in [1.54, 1.807) is 26.4 Å². The van der Waals surface area contributed by atoms with E-state index in [-0.39, 0.29) is 11.8 Å². The van der Waals surface area contributed by atoms with Crippen molar-refractivity contribution in [3.8, 4) is 0 Å². The summed E-state index contributed by atoms with van der Waals surface area (Å²) in [5.74, 6) is 0.0871. The van der Waals surface area contributed by atoms with Crippen molar-refractivity contribution >= 4 is 28.7 Å². The summed E-state index contributed by atoms with van der Waals surface area (Å²) >= 11 is 7.18. The van der Waals surface area contributed by atoms with Crippen molar-refractivity contribution < 1.29 is 14.3 Å². The van der Waals surface area contributed by atoms with Crippen LogP contribution in [0.25, 0.3) is 0 Å². The fourth-order valence-corrected chi connectivity index (χ4v) is 2.80. The topological polar surface area (TPSA) is 38.8 Å². The Hall–Kier alpha value is -0.460. The third kappa shape index (κ3) is 5.20. The van der Waals surface area contributed by atoms with Gasteiger partial charge >= 0.3 is 0 Å². The maximum atomic E-state index is 12.4. The number of halogens is 1. The minimum Gasteiger partial charge on any atom is -0.383 e. The zero-order valence-electron chi connectivity index (χ0n) is 11.5. The molecule has 0 bridgehead atoms. The van der Waals surface area contributed by atoms with Crippen LogP contribution in [0, 0.1) is 0 Å². The van der Waals surface area contributed by atoms with E-state index in [9.17, 15) is 4.79 Å². The van der Waals surface area contributed by atoms with Crippen LogP contribution in [0.15, 0.2) is 12.1 Å². The first-order valence-corrected chi connectivity index (χ1v) is 7.31. The Bertz CT molecular complexity index is 389. The molecule has 1 atom stereocenters. The largest absolute Gasteiger partial charge is 0.383 e. The van der Waals surface area contributed by atoms with Crippen LogP contribution in [0.5, 0.6) is 0 Å². The number of hydrogen-bond acceptors (Lipinski definition) is 5. The Balaban J connectivity index is 2.68. The molecule has 19 heavy (non-hydrogen) atoms. The molecule has 1 unspecified atom stereocenters. The second-order valence-electron chi connectivity index (χ2n) is 4.17. The molecule has 0 N–H and O–H groups in total. The van der Waals surface area contributed by atoms with E-state index >= 15 is 0 Å². The number of thiophene rings is 1. The third-order valence-corrected chi connectivity index (χ3v) is 4.15. The molecule has 0 aliphatic heterocycles. The van der Waals surface area contributed by atoms with Gasteiger partial charge in [0.05, 0.1) is 28.5 Å². The van der Waals surface area contributed by atoms with Crippen LogP contribution in [0.4, 0.5) is 0 Å². The highest BCUT2D eigenvalue weighted by atomic mass is 35.5. The lowest BCUT2D eigenvalue weighted by Crippen LogP contribution is -2.42. The summed E-state index contributed by atoms with van der Waals surface area (Å²) in [5.41, 5.74) is 0. The van der Waals surface area contributed by atoms with E-state index in [0.717, 1.165) is 0 Å². The standard InChI is InChI=1S/C13H20ClNO3S/c1-10(13(16)11-4-5-12(14)19-11)15(6-8-17-2)7-9-18-3/h4-5,10H,6-9H2,1-3H3. The first-order valence-electron chi connectivity index (χ1n) is 6.11. The Morgan fingerprint density at radius 3 is 2.32 bits per heavy atom. The summed E-state index contributed by atoms with van der Waals surface area (Å²) in [6.45, 7) is 4.48. The van der Waals surface area contributed by atoms with Crippen molar-refractivity contribution in [3.05, 3.63) is 21.3 Å². The molecule has 0 amide bonds. The van der Waals surface area contributed by atoms with Crippen LogP contribution in [-0.2, 0) is 9.47 Å². The van der Waals surface area contributed by atoms with Gasteiger partial charge in [-0.05, 0) is 19.1 Å². The summed E-state index contributed by atoms with van der Waals surface area (Å²) in [6.07, 6.45) is 0. The number of nitrogens with zero attached hydrogens (tertiary/aromatic N) is 1. The van der Waals surface area contributed by atoms with E-state index in [0.29, 0.717) is 35.5 Å². The zero-order valence-corrected chi connectivity index (χ0v) is 13.1. The fourth-order valence-electron chi connectivity index (χ4n) is 1.73. The van der Waals surface area contributed by atoms with Gasteiger partial charge in [-0.1, -0.05) is 11.6 Å². The summed E-state index contributed by atoms with van der Waals surface area (Å²) in [4.78, 5) is 15.1. The van der Waals surface area contributed by atoms with E-state index in [1.807, 2.05) is 6.92 Å². The highest BCUT2D eigenvalue weighted by Crippen LogP contribution is 2.23. The van der Waals surface area contributed by atoms with Crippen molar-refractivity contribution in [2.45, 2.75) is 13.0 Å². The van der Waals surface area contributed by atoms with E-state index in [2.05, 4.69) is 4.90 Å². The summed E-state index contributed by atoms with van der Waals surface area (Å²) in [6, 6.07) is 3.32. The number of carbonyl (C=O) groups is 1. The maximum Gasteiger partial charge on any atom is 0.189 e. The lowest BCUT2D eigenvalue weighted by atomic mass is 10.1. The first-order chi connectivity index (χ1) is 9.10. The van der Waals surface area contributed by atoms with Gasteiger partial charge in [-0.2, -0.15) is 0 Å². The van der Waals surface area contributed by atoms with Crippen molar-refractivity contribution in [2.24, 2.45) is 0 Å². The molecule has 0 saturated heterocycles. The van der Waals surface area contributed by atoms with Gasteiger partial charge in [0.2, 0.25) is 0 Å². The van der Waals surface area contributed by atoms with Crippen molar-refractivity contribution in [3.63, 3.8) is 0 Å². The number of hydrogen-bond donors (Lipinski definition) is 0. The van der Waals surface area contributed by atoms with Gasteiger partial charge in [0.1, 0.15) is 0 Å². The minimum atomic E-state index is -0.208. The maximum absolute atomic E-state index is 12.4. The number of ether oxygens (including phenoxy) is 2. The molecule has 0 aliphatic rings. The normalized spacial score (nSPS) is 12.9. The molecule has 1 aromatic rings. The number of Topliss-reactive ketones (excluding diaryl/α,β-unsaturated/α-hetero) is 1. The predicted molar refractivity (Wildman–Crippen MR) is 78.4 cm³/mol. The Labute approximate surface area is 123 Å². The van der Waals surface area contributed by atoms with Gasteiger partial charge < -0.3 is 9.47 Å². The third-order valence-electron chi connectivity index (χ3n) is 2.91. The van der Waals surface area contributed by atoms with E-state index in [1.165, 1.54) is 11.3 Å². The highest BCUT2D eigenvalue weighted by molar-refractivity contribution is 7.18. The molecule has 0 spiro atoms. The molecule has 1 heterocycles. The smallest absolute Gasteiger partial charge is 0.189 e. The number of carbonyl (C=O) groups excluding carboxylic acids is 1. The molecule has 0 aromatic carbocycles. The van der Waals surface area contributed by atoms with Crippen LogP contribution in [0.2, 0.25) is 4.34 Å². The average Bonchev–Trinajstić information content (AvgIpc) is 2.84. The quantitative estimate of drug-likeness (QED) is 0.657. The van der Waals surface area contributed by atoms with Gasteiger partial charge in [0, 0.05) is 27.3 Å². The van der Waals surface area contributed by atoms with E-state index in [4.69, 9.17) is 21.1 Å². The van der Waals surface area contributed by atoms with Gasteiger partial charge in [-0.25, -0.2) is 0 Å². The van der Waals surface area contributed by atoms with Gasteiger partial charge in [-0.15, -0.1) is 11.3 Å². The molecular formula is C13H20ClNO3S. The van der Waals surface area contributed by atoms with Crippen molar-refractivity contribution in [2.75, 3.05) is 40.5 Å². The van der Waals surface area contributed by atoms with Gasteiger partial charge in [-0.3, -0.25) is 9.69 Å². The second-order valence-corrected chi connectivity index (χ2v) is 5.88. The monoisotopic (exact) mass is 305 g/mol. The number of rotatable bonds is 9. The van der Waals surface area contributed by atoms with Crippen LogP contribution in [0.3, 0.4) is 0 Å². The highest BCUT2D eigenvalue weighted by Gasteiger charge is 2.23. The van der Waals surface area contributed by atoms with Crippen LogP contribution in [0.1, 0.15) is 16.6 Å². The molecule has 4 nitrogen and oxygen atoms in total. The van der Waals surface area contributed by atoms with Crippen molar-refractivity contribution in [1.29, 1.82) is 0 Å². The number of methoxy groups -OCH3 is 2. The SMILES string of the molecule is COCCN(CCOC)C(C)C(=O)c1ccc(Cl)s1. The van der Waals surface area contributed by atoms with E-state index < -0.39 is 0 Å². The first kappa shape index (κ1) is 16.6. The van der Waals surface area contributed by atoms with Gasteiger partial charge in [0.25, 0.3) is 0 Å². The molecule has 1 aromatic heterocycles. The fraction of sp³-hybridized carbons (Fsp3) is 0.615. The minimum absolute atomic E-state index is 0.0871. The second kappa shape index (κ2) is 8.66. The van der Waals surface area contributed by atoms with Crippen LogP contribution in [-0.4, -0.2) is 57.2 Å². The lowest BCUT2D eigenvalue weighted by molar-refractivity contribution is 0.0690. The van der Waals surface area contributed by atoms with Crippen molar-refractivity contribution in [1.82, 2.24) is 4.90 Å². The molecule has 0 fully saturated rings. The van der Waals surface area contributed by atoms with Gasteiger partial charge in [0.15, 0.2) is 5.78 Å². The Morgan fingerprint density at radius 1 is 1.32 bits per heavy atom. The molecule has 0 saturated carbocycles. The zero-order chi connectivity index (χ0) is 14.3.